The maximum Gasteiger partial charge on any atom is 0.258 e. The summed E-state index contributed by atoms with van der Waals surface area (Å²) in [6.45, 7) is 0.435. The lowest BCUT2D eigenvalue weighted by molar-refractivity contribution is -0.123. The molecule has 0 unspecified atom stereocenters. The number of rotatable bonds is 9. The topological polar surface area (TPSA) is 50.8 Å². The van der Waals surface area contributed by atoms with Crippen LogP contribution in [0.1, 0.15) is 11.6 Å². The lowest BCUT2D eigenvalue weighted by Crippen LogP contribution is -2.36. The first-order valence-electron chi connectivity index (χ1n) is 9.93. The molecule has 5 heteroatoms. The molecule has 0 saturated heterocycles. The van der Waals surface area contributed by atoms with E-state index in [1.165, 1.54) is 0 Å². The van der Waals surface area contributed by atoms with Gasteiger partial charge in [-0.3, -0.25) is 4.79 Å². The first-order chi connectivity index (χ1) is 14.6. The molecule has 156 valence electrons. The van der Waals surface area contributed by atoms with Gasteiger partial charge in [0.1, 0.15) is 11.5 Å². The molecule has 1 N–H and O–H groups in total. The Bertz CT molecular complexity index is 957. The summed E-state index contributed by atoms with van der Waals surface area (Å²) in [5.74, 6) is 1.33. The van der Waals surface area contributed by atoms with Gasteiger partial charge in [0.05, 0.1) is 13.2 Å². The van der Waals surface area contributed by atoms with Crippen molar-refractivity contribution in [1.82, 2.24) is 10.2 Å². The quantitative estimate of drug-likeness (QED) is 0.582. The molecule has 0 bridgehead atoms. The van der Waals surface area contributed by atoms with Crippen LogP contribution in [0.5, 0.6) is 11.5 Å². The van der Waals surface area contributed by atoms with Gasteiger partial charge in [0.2, 0.25) is 0 Å². The first kappa shape index (κ1) is 21.4. The summed E-state index contributed by atoms with van der Waals surface area (Å²) in [6.07, 6.45) is 0. The molecule has 0 radical (unpaired) electrons. The number of carbonyl (C=O) groups excluding carboxylic acids is 1. The molecule has 0 aliphatic heterocycles. The summed E-state index contributed by atoms with van der Waals surface area (Å²) in [5.41, 5.74) is 3.10. The van der Waals surface area contributed by atoms with Crippen LogP contribution in [-0.4, -0.2) is 45.2 Å². The van der Waals surface area contributed by atoms with E-state index < -0.39 is 0 Å². The van der Waals surface area contributed by atoms with Gasteiger partial charge in [0.15, 0.2) is 6.61 Å². The summed E-state index contributed by atoms with van der Waals surface area (Å²) < 4.78 is 11.2. The molecule has 3 aromatic carbocycles. The predicted molar refractivity (Wildman–Crippen MR) is 120 cm³/mol. The molecule has 0 aliphatic carbocycles. The summed E-state index contributed by atoms with van der Waals surface area (Å²) in [7, 11) is 5.63. The lowest BCUT2D eigenvalue weighted by atomic mass is 10.1. The molecule has 0 aliphatic rings. The highest BCUT2D eigenvalue weighted by Crippen LogP contribution is 2.29. The largest absolute Gasteiger partial charge is 0.497 e. The maximum atomic E-state index is 12.5. The van der Waals surface area contributed by atoms with Gasteiger partial charge in [0, 0.05) is 12.1 Å². The second-order valence-electron chi connectivity index (χ2n) is 7.21. The van der Waals surface area contributed by atoms with Crippen LogP contribution in [0.25, 0.3) is 11.1 Å². The van der Waals surface area contributed by atoms with Crippen molar-refractivity contribution in [3.8, 4) is 22.6 Å². The minimum atomic E-state index is -0.160. The highest BCUT2D eigenvalue weighted by Gasteiger charge is 2.16. The zero-order valence-electron chi connectivity index (χ0n) is 17.7. The number of hydrogen-bond acceptors (Lipinski definition) is 4. The standard InChI is InChI=1S/C25H28N2O3/c1-27(2)23(20-12-9-13-21(16-20)29-3)17-26-25(28)18-30-24-15-8-7-14-22(24)19-10-5-4-6-11-19/h4-16,23H,17-18H2,1-3H3,(H,26,28)/t23-/m1/s1. The van der Waals surface area contributed by atoms with E-state index >= 15 is 0 Å². The van der Waals surface area contributed by atoms with Crippen LogP contribution in [0.15, 0.2) is 78.9 Å². The number of likely N-dealkylation sites (N-methyl/N-ethyl adjacent to an activating group) is 1. The van der Waals surface area contributed by atoms with Crippen LogP contribution in [0.2, 0.25) is 0 Å². The fourth-order valence-corrected chi connectivity index (χ4v) is 3.30. The van der Waals surface area contributed by atoms with Crippen LogP contribution < -0.4 is 14.8 Å². The van der Waals surface area contributed by atoms with Crippen molar-refractivity contribution in [2.75, 3.05) is 34.4 Å². The monoisotopic (exact) mass is 404 g/mol. The number of nitrogens with one attached hydrogen (secondary N) is 1. The van der Waals surface area contributed by atoms with Crippen molar-refractivity contribution in [2.45, 2.75) is 6.04 Å². The SMILES string of the molecule is COc1cccc([C@@H](CNC(=O)COc2ccccc2-c2ccccc2)N(C)C)c1. The Balaban J connectivity index is 1.61. The zero-order chi connectivity index (χ0) is 21.3. The zero-order valence-corrected chi connectivity index (χ0v) is 17.7. The van der Waals surface area contributed by atoms with Crippen molar-refractivity contribution >= 4 is 5.91 Å². The first-order valence-corrected chi connectivity index (χ1v) is 9.93. The van der Waals surface area contributed by atoms with E-state index in [1.807, 2.05) is 93.0 Å². The molecular weight excluding hydrogens is 376 g/mol. The molecular formula is C25H28N2O3. The second-order valence-corrected chi connectivity index (χ2v) is 7.21. The summed E-state index contributed by atoms with van der Waals surface area (Å²) in [6, 6.07) is 25.7. The molecule has 1 atom stereocenters. The highest BCUT2D eigenvalue weighted by molar-refractivity contribution is 5.78. The minimum absolute atomic E-state index is 0.0284. The average Bonchev–Trinajstić information content (AvgIpc) is 2.78. The minimum Gasteiger partial charge on any atom is -0.497 e. The summed E-state index contributed by atoms with van der Waals surface area (Å²) in [4.78, 5) is 14.5. The fourth-order valence-electron chi connectivity index (χ4n) is 3.30. The van der Waals surface area contributed by atoms with Crippen molar-refractivity contribution in [2.24, 2.45) is 0 Å². The Morgan fingerprint density at radius 3 is 2.43 bits per heavy atom. The molecule has 5 nitrogen and oxygen atoms in total. The summed E-state index contributed by atoms with van der Waals surface area (Å²) >= 11 is 0. The molecule has 0 heterocycles. The smallest absolute Gasteiger partial charge is 0.258 e. The molecule has 0 fully saturated rings. The number of ether oxygens (including phenoxy) is 2. The Kier molecular flexibility index (Phi) is 7.46. The van der Waals surface area contributed by atoms with E-state index in [1.54, 1.807) is 7.11 Å². The normalized spacial score (nSPS) is 11.7. The predicted octanol–water partition coefficient (Wildman–Crippen LogP) is 4.16. The van der Waals surface area contributed by atoms with Gasteiger partial charge in [-0.1, -0.05) is 60.7 Å². The number of hydrogen-bond donors (Lipinski definition) is 1. The maximum absolute atomic E-state index is 12.5. The van der Waals surface area contributed by atoms with Gasteiger partial charge in [-0.15, -0.1) is 0 Å². The number of amides is 1. The highest BCUT2D eigenvalue weighted by atomic mass is 16.5. The Hall–Kier alpha value is -3.31. The van der Waals surface area contributed by atoms with Crippen molar-refractivity contribution in [1.29, 1.82) is 0 Å². The van der Waals surface area contributed by atoms with E-state index in [4.69, 9.17) is 9.47 Å². The average molecular weight is 405 g/mol. The van der Waals surface area contributed by atoms with Crippen LogP contribution in [0.3, 0.4) is 0 Å². The van der Waals surface area contributed by atoms with Crippen molar-refractivity contribution in [3.05, 3.63) is 84.4 Å². The lowest BCUT2D eigenvalue weighted by Gasteiger charge is -2.25. The van der Waals surface area contributed by atoms with E-state index in [-0.39, 0.29) is 18.6 Å². The van der Waals surface area contributed by atoms with Crippen molar-refractivity contribution < 1.29 is 14.3 Å². The van der Waals surface area contributed by atoms with Crippen LogP contribution in [-0.2, 0) is 4.79 Å². The molecule has 3 rings (SSSR count). The van der Waals surface area contributed by atoms with Gasteiger partial charge in [-0.05, 0) is 43.4 Å². The number of methoxy groups -OCH3 is 1. The van der Waals surface area contributed by atoms with Gasteiger partial charge in [-0.2, -0.15) is 0 Å². The van der Waals surface area contributed by atoms with Gasteiger partial charge in [0.25, 0.3) is 5.91 Å². The molecule has 30 heavy (non-hydrogen) atoms. The summed E-state index contributed by atoms with van der Waals surface area (Å²) in [5, 5.41) is 2.98. The van der Waals surface area contributed by atoms with E-state index in [0.29, 0.717) is 12.3 Å². The fraction of sp³-hybridized carbons (Fsp3) is 0.240. The molecule has 0 saturated carbocycles. The molecule has 1 amide bonds. The third-order valence-electron chi connectivity index (χ3n) is 4.93. The number of carbonyl (C=O) groups is 1. The van der Waals surface area contributed by atoms with Crippen LogP contribution in [0.4, 0.5) is 0 Å². The van der Waals surface area contributed by atoms with Crippen molar-refractivity contribution in [3.63, 3.8) is 0 Å². The second kappa shape index (κ2) is 10.5. The van der Waals surface area contributed by atoms with Gasteiger partial charge < -0.3 is 19.7 Å². The number of nitrogens with zero attached hydrogens (tertiary/aromatic N) is 1. The van der Waals surface area contributed by atoms with Gasteiger partial charge >= 0.3 is 0 Å². The van der Waals surface area contributed by atoms with E-state index in [2.05, 4.69) is 10.2 Å². The third kappa shape index (κ3) is 5.61. The molecule has 0 aromatic heterocycles. The van der Waals surface area contributed by atoms with E-state index in [0.717, 1.165) is 22.4 Å². The third-order valence-corrected chi connectivity index (χ3v) is 4.93. The van der Waals surface area contributed by atoms with Crippen LogP contribution in [0, 0.1) is 0 Å². The Morgan fingerprint density at radius 1 is 0.967 bits per heavy atom. The Morgan fingerprint density at radius 2 is 1.70 bits per heavy atom. The van der Waals surface area contributed by atoms with Crippen LogP contribution >= 0.6 is 0 Å². The van der Waals surface area contributed by atoms with E-state index in [9.17, 15) is 4.79 Å². The Labute approximate surface area is 178 Å². The van der Waals surface area contributed by atoms with Gasteiger partial charge in [-0.25, -0.2) is 0 Å². The molecule has 3 aromatic rings. The number of benzene rings is 3. The molecule has 0 spiro atoms. The number of para-hydroxylation sites is 1.